The van der Waals surface area contributed by atoms with Gasteiger partial charge in [0.25, 0.3) is 0 Å². The van der Waals surface area contributed by atoms with E-state index in [0.717, 1.165) is 17.1 Å². The number of carbonyl (C=O) groups is 2. The van der Waals surface area contributed by atoms with Crippen LogP contribution in [0.3, 0.4) is 0 Å². The summed E-state index contributed by atoms with van der Waals surface area (Å²) in [6.07, 6.45) is 0.174. The summed E-state index contributed by atoms with van der Waals surface area (Å²) in [5.74, 6) is 0.0874. The van der Waals surface area contributed by atoms with E-state index in [2.05, 4.69) is 39.0 Å². The summed E-state index contributed by atoms with van der Waals surface area (Å²) in [7, 11) is 0. The van der Waals surface area contributed by atoms with Gasteiger partial charge in [0.1, 0.15) is 0 Å². The summed E-state index contributed by atoms with van der Waals surface area (Å²) in [5.41, 5.74) is 0.925. The first kappa shape index (κ1) is 17.8. The molecular weight excluding hydrogens is 314 g/mol. The van der Waals surface area contributed by atoms with Crippen LogP contribution < -0.4 is 10.6 Å². The lowest BCUT2D eigenvalue weighted by Crippen LogP contribution is -2.58. The van der Waals surface area contributed by atoms with Gasteiger partial charge in [-0.2, -0.15) is 0 Å². The molecule has 0 spiro atoms. The quantitative estimate of drug-likeness (QED) is 0.803. The second-order valence-electron chi connectivity index (χ2n) is 6.36. The molecule has 1 aromatic rings. The Labute approximate surface area is 141 Å². The van der Waals surface area contributed by atoms with Crippen molar-refractivity contribution >= 4 is 23.3 Å². The van der Waals surface area contributed by atoms with Crippen molar-refractivity contribution in [3.05, 3.63) is 10.6 Å². The zero-order valence-corrected chi connectivity index (χ0v) is 14.9. The standard InChI is InChI=1S/C15H25N5O2S/c1-9(2)14-12(23-19-18-14)8-17-13(21)7-11-15(22)16-5-6-20(11)10(3)4/h9-11H,5-8H2,1-4H3,(H,16,22)(H,17,21). The summed E-state index contributed by atoms with van der Waals surface area (Å²) in [4.78, 5) is 27.4. The summed E-state index contributed by atoms with van der Waals surface area (Å²) >= 11 is 1.31. The average Bonchev–Trinajstić information content (AvgIpc) is 2.95. The number of nitrogens with one attached hydrogen (secondary N) is 2. The van der Waals surface area contributed by atoms with Gasteiger partial charge in [-0.3, -0.25) is 14.5 Å². The molecule has 1 fully saturated rings. The molecule has 2 rings (SSSR count). The van der Waals surface area contributed by atoms with Crippen LogP contribution in [0.5, 0.6) is 0 Å². The van der Waals surface area contributed by atoms with E-state index in [4.69, 9.17) is 0 Å². The monoisotopic (exact) mass is 339 g/mol. The van der Waals surface area contributed by atoms with Gasteiger partial charge < -0.3 is 10.6 Å². The molecule has 1 unspecified atom stereocenters. The Morgan fingerprint density at radius 3 is 2.83 bits per heavy atom. The summed E-state index contributed by atoms with van der Waals surface area (Å²) in [6.45, 7) is 10.0. The fourth-order valence-electron chi connectivity index (χ4n) is 2.76. The molecule has 1 aliphatic heterocycles. The molecule has 128 valence electrons. The summed E-state index contributed by atoms with van der Waals surface area (Å²) in [5, 5.41) is 9.83. The van der Waals surface area contributed by atoms with Gasteiger partial charge in [-0.05, 0) is 31.3 Å². The zero-order valence-electron chi connectivity index (χ0n) is 14.1. The molecule has 0 bridgehead atoms. The fourth-order valence-corrected chi connectivity index (χ4v) is 3.50. The van der Waals surface area contributed by atoms with Crippen molar-refractivity contribution in [3.63, 3.8) is 0 Å². The van der Waals surface area contributed by atoms with E-state index in [0.29, 0.717) is 13.1 Å². The third kappa shape index (κ3) is 4.48. The highest BCUT2D eigenvalue weighted by Crippen LogP contribution is 2.19. The molecule has 8 heteroatoms. The third-order valence-corrected chi connectivity index (χ3v) is 4.73. The maximum atomic E-state index is 12.2. The molecule has 1 aromatic heterocycles. The predicted octanol–water partition coefficient (Wildman–Crippen LogP) is 0.877. The SMILES string of the molecule is CC(C)c1nnsc1CNC(=O)CC1C(=O)NCCN1C(C)C. The number of carbonyl (C=O) groups excluding carboxylic acids is 2. The number of hydrogen-bond donors (Lipinski definition) is 2. The van der Waals surface area contributed by atoms with Crippen LogP contribution in [0.1, 0.15) is 50.6 Å². The molecule has 0 aliphatic carbocycles. The minimum atomic E-state index is -0.395. The number of hydrogen-bond acceptors (Lipinski definition) is 6. The number of rotatable bonds is 6. The van der Waals surface area contributed by atoms with Crippen LogP contribution >= 0.6 is 11.5 Å². The molecule has 2 amide bonds. The Hall–Kier alpha value is -1.54. The van der Waals surface area contributed by atoms with Gasteiger partial charge in [-0.25, -0.2) is 0 Å². The van der Waals surface area contributed by atoms with Gasteiger partial charge in [0.2, 0.25) is 11.8 Å². The Balaban J connectivity index is 1.93. The minimum Gasteiger partial charge on any atom is -0.353 e. The van der Waals surface area contributed by atoms with Gasteiger partial charge >= 0.3 is 0 Å². The van der Waals surface area contributed by atoms with E-state index < -0.39 is 6.04 Å². The summed E-state index contributed by atoms with van der Waals surface area (Å²) in [6, 6.07) is -0.162. The lowest BCUT2D eigenvalue weighted by Gasteiger charge is -2.37. The van der Waals surface area contributed by atoms with E-state index in [1.54, 1.807) is 0 Å². The second-order valence-corrected chi connectivity index (χ2v) is 7.19. The summed E-state index contributed by atoms with van der Waals surface area (Å²) < 4.78 is 3.95. The molecule has 1 aliphatic rings. The Morgan fingerprint density at radius 2 is 2.17 bits per heavy atom. The Morgan fingerprint density at radius 1 is 1.43 bits per heavy atom. The molecule has 23 heavy (non-hydrogen) atoms. The number of piperazine rings is 1. The molecule has 0 saturated carbocycles. The van der Waals surface area contributed by atoms with Crippen molar-refractivity contribution in [2.75, 3.05) is 13.1 Å². The maximum absolute atomic E-state index is 12.2. The van der Waals surface area contributed by atoms with Gasteiger partial charge in [0, 0.05) is 19.1 Å². The topological polar surface area (TPSA) is 87.2 Å². The maximum Gasteiger partial charge on any atom is 0.237 e. The molecule has 0 radical (unpaired) electrons. The van der Waals surface area contributed by atoms with E-state index >= 15 is 0 Å². The highest BCUT2D eigenvalue weighted by atomic mass is 32.1. The van der Waals surface area contributed by atoms with Crippen molar-refractivity contribution in [2.45, 2.75) is 58.7 Å². The normalized spacial score (nSPS) is 19.2. The van der Waals surface area contributed by atoms with E-state index in [-0.39, 0.29) is 30.2 Å². The van der Waals surface area contributed by atoms with Gasteiger partial charge in [0.15, 0.2) is 0 Å². The van der Waals surface area contributed by atoms with Crippen molar-refractivity contribution in [1.29, 1.82) is 0 Å². The Bertz CT molecular complexity index is 558. The fraction of sp³-hybridized carbons (Fsp3) is 0.733. The first-order valence-electron chi connectivity index (χ1n) is 8.01. The predicted molar refractivity (Wildman–Crippen MR) is 89.1 cm³/mol. The Kier molecular flexibility index (Phi) is 6.06. The zero-order chi connectivity index (χ0) is 17.0. The van der Waals surface area contributed by atoms with Crippen molar-refractivity contribution < 1.29 is 9.59 Å². The van der Waals surface area contributed by atoms with Gasteiger partial charge in [-0.15, -0.1) is 5.10 Å². The van der Waals surface area contributed by atoms with E-state index in [1.807, 2.05) is 13.8 Å². The van der Waals surface area contributed by atoms with Crippen LogP contribution in [0.15, 0.2) is 0 Å². The van der Waals surface area contributed by atoms with Crippen LogP contribution in [0.4, 0.5) is 0 Å². The highest BCUT2D eigenvalue weighted by molar-refractivity contribution is 7.05. The van der Waals surface area contributed by atoms with Crippen LogP contribution in [0.2, 0.25) is 0 Å². The van der Waals surface area contributed by atoms with E-state index in [1.165, 1.54) is 11.5 Å². The van der Waals surface area contributed by atoms with Crippen molar-refractivity contribution in [2.24, 2.45) is 0 Å². The number of amides is 2. The smallest absolute Gasteiger partial charge is 0.237 e. The number of nitrogens with zero attached hydrogens (tertiary/aromatic N) is 3. The first-order valence-corrected chi connectivity index (χ1v) is 8.78. The third-order valence-electron chi connectivity index (χ3n) is 3.99. The first-order chi connectivity index (χ1) is 10.9. The largest absolute Gasteiger partial charge is 0.353 e. The molecule has 7 nitrogen and oxygen atoms in total. The molecule has 1 atom stereocenters. The lowest BCUT2D eigenvalue weighted by molar-refractivity contribution is -0.134. The van der Waals surface area contributed by atoms with E-state index in [9.17, 15) is 9.59 Å². The second kappa shape index (κ2) is 7.83. The molecule has 0 aromatic carbocycles. The van der Waals surface area contributed by atoms with Crippen LogP contribution in [0, 0.1) is 0 Å². The van der Waals surface area contributed by atoms with Crippen LogP contribution in [-0.4, -0.2) is 51.5 Å². The number of aromatic nitrogens is 2. The average molecular weight is 339 g/mol. The minimum absolute atomic E-state index is 0.0672. The molecular formula is C15H25N5O2S. The van der Waals surface area contributed by atoms with Crippen LogP contribution in [-0.2, 0) is 16.1 Å². The molecule has 2 N–H and O–H groups in total. The van der Waals surface area contributed by atoms with Crippen LogP contribution in [0.25, 0.3) is 0 Å². The van der Waals surface area contributed by atoms with Crippen molar-refractivity contribution in [1.82, 2.24) is 25.1 Å². The lowest BCUT2D eigenvalue weighted by atomic mass is 10.1. The van der Waals surface area contributed by atoms with Crippen molar-refractivity contribution in [3.8, 4) is 0 Å². The highest BCUT2D eigenvalue weighted by Gasteiger charge is 2.32. The molecule has 1 saturated heterocycles. The van der Waals surface area contributed by atoms with Gasteiger partial charge in [0.05, 0.1) is 29.6 Å². The molecule has 2 heterocycles. The van der Waals surface area contributed by atoms with Gasteiger partial charge in [-0.1, -0.05) is 18.3 Å².